The fourth-order valence-electron chi connectivity index (χ4n) is 0.764. The lowest BCUT2D eigenvalue weighted by atomic mass is 10.3. The number of hydrogen-bond donors (Lipinski definition) is 1. The van der Waals surface area contributed by atoms with E-state index in [1.54, 1.807) is 19.1 Å². The molecule has 1 aromatic rings. The van der Waals surface area contributed by atoms with Gasteiger partial charge in [0.1, 0.15) is 6.20 Å². The van der Waals surface area contributed by atoms with Crippen LogP contribution in [0.5, 0.6) is 0 Å². The average Bonchev–Trinajstić information content (AvgIpc) is 2.19. The highest BCUT2D eigenvalue weighted by Crippen LogP contribution is 2.12. The average molecular weight is 187 g/mol. The molecule has 1 amide bonds. The van der Waals surface area contributed by atoms with E-state index >= 15 is 0 Å². The molecule has 0 atom stereocenters. The number of aromatic nitrogens is 1. The normalized spacial score (nSPS) is 8.86. The van der Waals surface area contributed by atoms with Gasteiger partial charge in [0.2, 0.25) is 0 Å². The van der Waals surface area contributed by atoms with Crippen LogP contribution in [0.15, 0.2) is 30.5 Å². The summed E-state index contributed by atoms with van der Waals surface area (Å²) in [6, 6.07) is 3.17. The fraction of sp³-hybridized carbons (Fsp3) is 0.100. The number of carbonyl (C=O) groups is 1. The third kappa shape index (κ3) is 2.42. The Morgan fingerprint density at radius 2 is 2.36 bits per heavy atom. The Hall–Kier alpha value is -2.15. The fourth-order valence-corrected chi connectivity index (χ4v) is 0.764. The molecule has 0 aliphatic heterocycles. The molecule has 70 valence electrons. The van der Waals surface area contributed by atoms with E-state index in [4.69, 9.17) is 6.57 Å². The van der Waals surface area contributed by atoms with Crippen LogP contribution in [0, 0.1) is 6.57 Å². The predicted octanol–water partition coefficient (Wildman–Crippen LogP) is 2.15. The van der Waals surface area contributed by atoms with Gasteiger partial charge in [-0.25, -0.2) is 0 Å². The third-order valence-electron chi connectivity index (χ3n) is 1.51. The van der Waals surface area contributed by atoms with Crippen LogP contribution < -0.4 is 5.32 Å². The number of nitrogens with zero attached hydrogens (tertiary/aromatic N) is 2. The van der Waals surface area contributed by atoms with Crippen LogP contribution in [0.25, 0.3) is 4.85 Å². The van der Waals surface area contributed by atoms with E-state index in [1.807, 2.05) is 0 Å². The molecule has 1 aromatic heterocycles. The van der Waals surface area contributed by atoms with Crippen molar-refractivity contribution < 1.29 is 4.79 Å². The van der Waals surface area contributed by atoms with Crippen molar-refractivity contribution in [2.75, 3.05) is 5.32 Å². The molecule has 1 heterocycles. The van der Waals surface area contributed by atoms with Crippen molar-refractivity contribution >= 4 is 17.4 Å². The minimum atomic E-state index is -0.248. The minimum Gasteiger partial charge on any atom is -0.361 e. The second-order valence-electron chi connectivity index (χ2n) is 2.75. The zero-order valence-corrected chi connectivity index (χ0v) is 7.74. The first-order valence-corrected chi connectivity index (χ1v) is 3.94. The van der Waals surface area contributed by atoms with Crippen LogP contribution in [0.3, 0.4) is 0 Å². The molecule has 0 fully saturated rings. The number of anilines is 1. The molecule has 0 radical (unpaired) electrons. The number of hydrogen-bond acceptors (Lipinski definition) is 2. The zero-order valence-electron chi connectivity index (χ0n) is 7.74. The lowest BCUT2D eigenvalue weighted by Crippen LogP contribution is -2.11. The number of pyridine rings is 1. The van der Waals surface area contributed by atoms with E-state index in [0.29, 0.717) is 17.1 Å². The van der Waals surface area contributed by atoms with Gasteiger partial charge in [0.05, 0.1) is 5.69 Å². The molecular weight excluding hydrogens is 178 g/mol. The second kappa shape index (κ2) is 4.19. The molecule has 4 nitrogen and oxygen atoms in total. The van der Waals surface area contributed by atoms with Gasteiger partial charge in [0, 0.05) is 5.57 Å². The zero-order chi connectivity index (χ0) is 10.6. The van der Waals surface area contributed by atoms with Gasteiger partial charge >= 0.3 is 0 Å². The maximum Gasteiger partial charge on any atom is 0.269 e. The summed E-state index contributed by atoms with van der Waals surface area (Å²) in [7, 11) is 0. The highest BCUT2D eigenvalue weighted by Gasteiger charge is 2.03. The molecule has 0 spiro atoms. The molecule has 0 saturated carbocycles. The predicted molar refractivity (Wildman–Crippen MR) is 53.9 cm³/mol. The highest BCUT2D eigenvalue weighted by atomic mass is 16.1. The van der Waals surface area contributed by atoms with Gasteiger partial charge in [0.25, 0.3) is 11.7 Å². The van der Waals surface area contributed by atoms with Crippen molar-refractivity contribution in [1.29, 1.82) is 0 Å². The largest absolute Gasteiger partial charge is 0.361 e. The first-order chi connectivity index (χ1) is 6.63. The van der Waals surface area contributed by atoms with Gasteiger partial charge in [-0.2, -0.15) is 0 Å². The van der Waals surface area contributed by atoms with E-state index in [-0.39, 0.29) is 5.91 Å². The van der Waals surface area contributed by atoms with E-state index in [9.17, 15) is 4.79 Å². The van der Waals surface area contributed by atoms with Crippen LogP contribution >= 0.6 is 0 Å². The summed E-state index contributed by atoms with van der Waals surface area (Å²) in [5, 5.41) is 2.59. The molecule has 14 heavy (non-hydrogen) atoms. The maximum atomic E-state index is 11.2. The van der Waals surface area contributed by atoms with Crippen molar-refractivity contribution in [3.8, 4) is 0 Å². The Kier molecular flexibility index (Phi) is 2.97. The highest BCUT2D eigenvalue weighted by molar-refractivity contribution is 6.02. The smallest absolute Gasteiger partial charge is 0.269 e. The Bertz CT molecular complexity index is 400. The lowest BCUT2D eigenvalue weighted by Gasteiger charge is -2.01. The first kappa shape index (κ1) is 9.93. The Labute approximate surface area is 82.1 Å². The van der Waals surface area contributed by atoms with Crippen molar-refractivity contribution in [3.63, 3.8) is 0 Å². The van der Waals surface area contributed by atoms with Crippen LogP contribution in [0.4, 0.5) is 11.5 Å². The standard InChI is InChI=1S/C10H9N3O/c1-7(2)10(14)13-8-4-5-9(11-3)12-6-8/h4-6H,1H2,2H3,(H,13,14). The van der Waals surface area contributed by atoms with Crippen molar-refractivity contribution in [1.82, 2.24) is 4.98 Å². The molecular formula is C10H9N3O. The molecule has 0 saturated heterocycles. The van der Waals surface area contributed by atoms with Gasteiger partial charge < -0.3 is 10.2 Å². The SMILES string of the molecule is [C-]#[N+]c1ccc(NC(=O)C(=C)C)cn1. The quantitative estimate of drug-likeness (QED) is 0.569. The first-order valence-electron chi connectivity index (χ1n) is 3.94. The number of nitrogens with one attached hydrogen (secondary N) is 1. The van der Waals surface area contributed by atoms with Crippen molar-refractivity contribution in [3.05, 3.63) is 41.9 Å². The summed E-state index contributed by atoms with van der Waals surface area (Å²) < 4.78 is 0. The molecule has 0 unspecified atom stereocenters. The number of carbonyl (C=O) groups excluding carboxylic acids is 1. The summed E-state index contributed by atoms with van der Waals surface area (Å²) in [6.07, 6.45) is 1.44. The number of amides is 1. The third-order valence-corrected chi connectivity index (χ3v) is 1.51. The minimum absolute atomic E-state index is 0.248. The lowest BCUT2D eigenvalue weighted by molar-refractivity contribution is -0.112. The summed E-state index contributed by atoms with van der Waals surface area (Å²) >= 11 is 0. The van der Waals surface area contributed by atoms with E-state index < -0.39 is 0 Å². The van der Waals surface area contributed by atoms with E-state index in [0.717, 1.165) is 0 Å². The van der Waals surface area contributed by atoms with Gasteiger partial charge in [0.15, 0.2) is 0 Å². The monoisotopic (exact) mass is 187 g/mol. The van der Waals surface area contributed by atoms with Crippen LogP contribution in [-0.4, -0.2) is 10.9 Å². The molecule has 1 rings (SSSR count). The second-order valence-corrected chi connectivity index (χ2v) is 2.75. The van der Waals surface area contributed by atoms with Crippen LogP contribution in [0.2, 0.25) is 0 Å². The summed E-state index contributed by atoms with van der Waals surface area (Å²) in [5.41, 5.74) is 0.990. The molecule has 0 bridgehead atoms. The van der Waals surface area contributed by atoms with E-state index in [2.05, 4.69) is 21.7 Å². The summed E-state index contributed by atoms with van der Waals surface area (Å²) in [5.74, 6) is 0.0562. The molecule has 0 aliphatic carbocycles. The molecule has 1 N–H and O–H groups in total. The van der Waals surface area contributed by atoms with E-state index in [1.165, 1.54) is 6.20 Å². The van der Waals surface area contributed by atoms with Gasteiger partial charge in [-0.3, -0.25) is 4.79 Å². The van der Waals surface area contributed by atoms with Gasteiger partial charge in [-0.1, -0.05) is 13.2 Å². The molecule has 4 heteroatoms. The maximum absolute atomic E-state index is 11.2. The van der Waals surface area contributed by atoms with Crippen molar-refractivity contribution in [2.45, 2.75) is 6.92 Å². The Morgan fingerprint density at radius 1 is 1.64 bits per heavy atom. The Morgan fingerprint density at radius 3 is 2.79 bits per heavy atom. The summed E-state index contributed by atoms with van der Waals surface area (Å²) in [4.78, 5) is 18.1. The topological polar surface area (TPSA) is 46.4 Å². The van der Waals surface area contributed by atoms with Gasteiger partial charge in [-0.05, 0) is 19.1 Å². The van der Waals surface area contributed by atoms with Crippen LogP contribution in [0.1, 0.15) is 6.92 Å². The summed E-state index contributed by atoms with van der Waals surface area (Å²) in [6.45, 7) is 11.8. The molecule has 0 aromatic carbocycles. The van der Waals surface area contributed by atoms with Gasteiger partial charge in [-0.15, -0.1) is 4.98 Å². The van der Waals surface area contributed by atoms with Crippen LogP contribution in [-0.2, 0) is 4.79 Å². The Balaban J connectivity index is 2.75. The number of rotatable bonds is 2. The van der Waals surface area contributed by atoms with Crippen molar-refractivity contribution in [2.24, 2.45) is 0 Å². The molecule has 0 aliphatic rings.